The largest absolute Gasteiger partial charge is 0.481 e. The molecule has 0 aromatic heterocycles. The van der Waals surface area contributed by atoms with Crippen molar-refractivity contribution >= 4 is 23.5 Å². The van der Waals surface area contributed by atoms with Crippen molar-refractivity contribution in [3.8, 4) is 0 Å². The van der Waals surface area contributed by atoms with Crippen LogP contribution in [0.25, 0.3) is 0 Å². The minimum atomic E-state index is -0.945. The van der Waals surface area contributed by atoms with Crippen LogP contribution in [0.4, 0.5) is 10.5 Å². The molecule has 0 aliphatic rings. The van der Waals surface area contributed by atoms with Crippen LogP contribution >= 0.6 is 0 Å². The summed E-state index contributed by atoms with van der Waals surface area (Å²) in [5.74, 6) is -0.988. The lowest BCUT2D eigenvalue weighted by molar-refractivity contribution is -0.137. The van der Waals surface area contributed by atoms with E-state index >= 15 is 0 Å². The molecule has 0 saturated heterocycles. The van der Waals surface area contributed by atoms with Crippen molar-refractivity contribution in [1.29, 1.82) is 0 Å². The van der Waals surface area contributed by atoms with Crippen molar-refractivity contribution in [2.24, 2.45) is 0 Å². The van der Waals surface area contributed by atoms with Gasteiger partial charge in [0.2, 0.25) is 0 Å². The maximum absolute atomic E-state index is 12.1. The molecule has 6 nitrogen and oxygen atoms in total. The van der Waals surface area contributed by atoms with Crippen LogP contribution in [0.1, 0.15) is 37.6 Å². The monoisotopic (exact) mass is 292 g/mol. The second-order valence-corrected chi connectivity index (χ2v) is 4.80. The van der Waals surface area contributed by atoms with Gasteiger partial charge in [-0.25, -0.2) is 4.79 Å². The molecule has 0 saturated carbocycles. The van der Waals surface area contributed by atoms with Gasteiger partial charge < -0.3 is 15.3 Å². The van der Waals surface area contributed by atoms with E-state index in [1.165, 1.54) is 11.8 Å². The van der Waals surface area contributed by atoms with Crippen LogP contribution < -0.4 is 5.32 Å². The molecule has 0 heterocycles. The van der Waals surface area contributed by atoms with E-state index in [9.17, 15) is 14.4 Å². The summed E-state index contributed by atoms with van der Waals surface area (Å²) in [6.07, 6.45) is -0.107. The molecule has 0 radical (unpaired) electrons. The van der Waals surface area contributed by atoms with Gasteiger partial charge in [0.1, 0.15) is 0 Å². The fourth-order valence-electron chi connectivity index (χ4n) is 2.00. The summed E-state index contributed by atoms with van der Waals surface area (Å²) >= 11 is 0. The van der Waals surface area contributed by atoms with Gasteiger partial charge in [0.05, 0.1) is 6.42 Å². The molecule has 0 aliphatic heterocycles. The number of carbonyl (C=O) groups excluding carboxylic acids is 2. The highest BCUT2D eigenvalue weighted by Gasteiger charge is 2.20. The maximum Gasteiger partial charge on any atom is 0.322 e. The topological polar surface area (TPSA) is 86.7 Å². The van der Waals surface area contributed by atoms with E-state index in [4.69, 9.17) is 5.11 Å². The van der Waals surface area contributed by atoms with Gasteiger partial charge in [-0.2, -0.15) is 0 Å². The molecule has 0 bridgehead atoms. The molecule has 0 fully saturated rings. The van der Waals surface area contributed by atoms with E-state index in [0.29, 0.717) is 17.8 Å². The number of amides is 2. The molecule has 114 valence electrons. The van der Waals surface area contributed by atoms with E-state index in [1.807, 2.05) is 0 Å². The van der Waals surface area contributed by atoms with Crippen molar-refractivity contribution in [3.05, 3.63) is 29.8 Å². The number of benzene rings is 1. The molecule has 1 rings (SSSR count). The number of aliphatic carboxylic acids is 1. The summed E-state index contributed by atoms with van der Waals surface area (Å²) in [6, 6.07) is 5.80. The predicted molar refractivity (Wildman–Crippen MR) is 79.6 cm³/mol. The van der Waals surface area contributed by atoms with Gasteiger partial charge in [-0.05, 0) is 45.0 Å². The number of rotatable bonds is 6. The first-order chi connectivity index (χ1) is 9.85. The Hall–Kier alpha value is -2.37. The number of anilines is 1. The second-order valence-electron chi connectivity index (χ2n) is 4.80. The molecular weight excluding hydrogens is 272 g/mol. The molecule has 0 spiro atoms. The van der Waals surface area contributed by atoms with Gasteiger partial charge in [-0.1, -0.05) is 0 Å². The van der Waals surface area contributed by atoms with Gasteiger partial charge in [0, 0.05) is 23.8 Å². The van der Waals surface area contributed by atoms with E-state index < -0.39 is 12.0 Å². The van der Waals surface area contributed by atoms with Crippen LogP contribution in [-0.4, -0.2) is 40.4 Å². The first-order valence-corrected chi connectivity index (χ1v) is 6.75. The van der Waals surface area contributed by atoms with Crippen LogP contribution in [0.2, 0.25) is 0 Å². The SMILES string of the molecule is CCN(C(=O)Nc1ccc(C(C)=O)cc1)C(C)CC(=O)O. The number of hydrogen-bond donors (Lipinski definition) is 2. The van der Waals surface area contributed by atoms with Crippen molar-refractivity contribution in [2.75, 3.05) is 11.9 Å². The zero-order valence-electron chi connectivity index (χ0n) is 12.4. The molecule has 1 aromatic rings. The highest BCUT2D eigenvalue weighted by Crippen LogP contribution is 2.12. The number of hydrogen-bond acceptors (Lipinski definition) is 3. The molecule has 1 aromatic carbocycles. The number of carbonyl (C=O) groups is 3. The number of carboxylic acids is 1. The van der Waals surface area contributed by atoms with E-state index in [2.05, 4.69) is 5.32 Å². The molecule has 1 unspecified atom stereocenters. The Morgan fingerprint density at radius 2 is 1.81 bits per heavy atom. The Kier molecular flexibility index (Phi) is 5.90. The molecule has 21 heavy (non-hydrogen) atoms. The summed E-state index contributed by atoms with van der Waals surface area (Å²) in [4.78, 5) is 35.5. The molecule has 1 atom stereocenters. The van der Waals surface area contributed by atoms with Gasteiger partial charge in [0.15, 0.2) is 5.78 Å². The molecule has 2 N–H and O–H groups in total. The molecule has 0 aliphatic carbocycles. The predicted octanol–water partition coefficient (Wildman–Crippen LogP) is 2.61. The average molecular weight is 292 g/mol. The van der Waals surface area contributed by atoms with Crippen molar-refractivity contribution < 1.29 is 19.5 Å². The molecular formula is C15H20N2O4. The van der Waals surface area contributed by atoms with Crippen molar-refractivity contribution in [3.63, 3.8) is 0 Å². The quantitative estimate of drug-likeness (QED) is 0.789. The van der Waals surface area contributed by atoms with Crippen molar-refractivity contribution in [2.45, 2.75) is 33.2 Å². The van der Waals surface area contributed by atoms with Crippen LogP contribution in [0, 0.1) is 0 Å². The van der Waals surface area contributed by atoms with Gasteiger partial charge >= 0.3 is 12.0 Å². The smallest absolute Gasteiger partial charge is 0.322 e. The molecule has 2 amide bonds. The highest BCUT2D eigenvalue weighted by molar-refractivity contribution is 5.95. The van der Waals surface area contributed by atoms with Crippen LogP contribution in [0.5, 0.6) is 0 Å². The fourth-order valence-corrected chi connectivity index (χ4v) is 2.00. The Morgan fingerprint density at radius 1 is 1.24 bits per heavy atom. The number of ketones is 1. The summed E-state index contributed by atoms with van der Waals surface area (Å²) in [7, 11) is 0. The number of Topliss-reactive ketones (excluding diaryl/α,β-unsaturated/α-hetero) is 1. The molecule has 6 heteroatoms. The van der Waals surface area contributed by atoms with Crippen LogP contribution in [-0.2, 0) is 4.79 Å². The zero-order valence-corrected chi connectivity index (χ0v) is 12.4. The second kappa shape index (κ2) is 7.42. The first-order valence-electron chi connectivity index (χ1n) is 6.75. The third kappa shape index (κ3) is 4.91. The number of nitrogens with zero attached hydrogens (tertiary/aromatic N) is 1. The summed E-state index contributed by atoms with van der Waals surface area (Å²) < 4.78 is 0. The van der Waals surface area contributed by atoms with Gasteiger partial charge in [-0.3, -0.25) is 9.59 Å². The van der Waals surface area contributed by atoms with Crippen LogP contribution in [0.3, 0.4) is 0 Å². The van der Waals surface area contributed by atoms with E-state index in [1.54, 1.807) is 38.1 Å². The Labute approximate surface area is 123 Å². The number of carboxylic acid groups (broad SMARTS) is 1. The lowest BCUT2D eigenvalue weighted by Crippen LogP contribution is -2.42. The summed E-state index contributed by atoms with van der Waals surface area (Å²) in [6.45, 7) is 5.36. The van der Waals surface area contributed by atoms with Gasteiger partial charge in [-0.15, -0.1) is 0 Å². The highest BCUT2D eigenvalue weighted by atomic mass is 16.4. The lowest BCUT2D eigenvalue weighted by atomic mass is 10.1. The zero-order chi connectivity index (χ0) is 16.0. The normalized spacial score (nSPS) is 11.6. The van der Waals surface area contributed by atoms with Crippen LogP contribution in [0.15, 0.2) is 24.3 Å². The Morgan fingerprint density at radius 3 is 2.24 bits per heavy atom. The summed E-state index contributed by atoms with van der Waals surface area (Å²) in [5, 5.41) is 11.5. The number of nitrogens with one attached hydrogen (secondary N) is 1. The minimum absolute atomic E-state index is 0.0434. The first kappa shape index (κ1) is 16.7. The fraction of sp³-hybridized carbons (Fsp3) is 0.400. The van der Waals surface area contributed by atoms with Crippen molar-refractivity contribution in [1.82, 2.24) is 4.90 Å². The van der Waals surface area contributed by atoms with E-state index in [-0.39, 0.29) is 18.2 Å². The minimum Gasteiger partial charge on any atom is -0.481 e. The Balaban J connectivity index is 2.73. The Bertz CT molecular complexity index is 525. The maximum atomic E-state index is 12.1. The number of urea groups is 1. The third-order valence-electron chi connectivity index (χ3n) is 3.15. The third-order valence-corrected chi connectivity index (χ3v) is 3.15. The standard InChI is InChI=1S/C15H20N2O4/c1-4-17(10(2)9-14(19)20)15(21)16-13-7-5-12(6-8-13)11(3)18/h5-8,10H,4,9H2,1-3H3,(H,16,21)(H,19,20). The van der Waals surface area contributed by atoms with Gasteiger partial charge in [0.25, 0.3) is 0 Å². The van der Waals surface area contributed by atoms with E-state index in [0.717, 1.165) is 0 Å². The lowest BCUT2D eigenvalue weighted by Gasteiger charge is -2.27. The summed E-state index contributed by atoms with van der Waals surface area (Å²) in [5.41, 5.74) is 1.13. The average Bonchev–Trinajstić information content (AvgIpc) is 2.39.